The molecule has 3 aromatic carbocycles. The number of hydrogen-bond acceptors (Lipinski definition) is 0. The molecule has 0 spiro atoms. The fraction of sp³-hybridized carbons (Fsp3) is 0.250. The first-order valence-electron chi connectivity index (χ1n) is 9.61. The van der Waals surface area contributed by atoms with E-state index < -0.39 is 0 Å². The van der Waals surface area contributed by atoms with Crippen LogP contribution in [-0.4, -0.2) is 18.0 Å². The number of benzene rings is 3. The first-order chi connectivity index (χ1) is 12.9. The van der Waals surface area contributed by atoms with Gasteiger partial charge in [0, 0.05) is 0 Å². The van der Waals surface area contributed by atoms with E-state index in [4.69, 9.17) is 0 Å². The van der Waals surface area contributed by atoms with E-state index in [0.717, 1.165) is 5.66 Å². The molecular weight excluding hydrogens is 350 g/mol. The first kappa shape index (κ1) is 17.9. The molecule has 4 rings (SSSR count). The van der Waals surface area contributed by atoms with E-state index in [1.165, 1.54) is 42.2 Å². The average Bonchev–Trinajstić information content (AvgIpc) is 3.19. The van der Waals surface area contributed by atoms with Gasteiger partial charge in [-0.25, -0.2) is 0 Å². The molecule has 1 heterocycles. The van der Waals surface area contributed by atoms with Gasteiger partial charge in [-0.3, -0.25) is 0 Å². The van der Waals surface area contributed by atoms with E-state index >= 15 is 0 Å². The second kappa shape index (κ2) is 8.94. The maximum Gasteiger partial charge on any atom is -0.0165 e. The molecule has 1 saturated heterocycles. The topological polar surface area (TPSA) is 0 Å². The second-order valence-electron chi connectivity index (χ2n) is 6.94. The summed E-state index contributed by atoms with van der Waals surface area (Å²) in [4.78, 5) is 0. The standard InChI is InChI=1S/C24H26P2/c1-4-11-21(12-5-1)25-19-10-17-24(25)18-20-26(22-13-6-2-7-14-22)23-15-8-3-9-16-23/h1-9,11-16,24H,10,17-20H2/t24-,25+/m0/s1. The fourth-order valence-electron chi connectivity index (χ4n) is 4.00. The fourth-order valence-corrected chi connectivity index (χ4v) is 9.71. The maximum absolute atomic E-state index is 2.36. The predicted octanol–water partition coefficient (Wildman–Crippen LogP) is 5.48. The van der Waals surface area contributed by atoms with Crippen LogP contribution in [0.3, 0.4) is 0 Å². The van der Waals surface area contributed by atoms with Crippen LogP contribution < -0.4 is 15.9 Å². The Morgan fingerprint density at radius 1 is 0.731 bits per heavy atom. The van der Waals surface area contributed by atoms with E-state index in [9.17, 15) is 0 Å². The van der Waals surface area contributed by atoms with E-state index in [1.54, 1.807) is 5.30 Å². The quantitative estimate of drug-likeness (QED) is 0.500. The van der Waals surface area contributed by atoms with Crippen LogP contribution in [0.25, 0.3) is 0 Å². The largest absolute Gasteiger partial charge is 0.0721 e. The first-order valence-corrected chi connectivity index (χ1v) is 12.7. The lowest BCUT2D eigenvalue weighted by Gasteiger charge is -2.24. The molecule has 3 aromatic rings. The summed E-state index contributed by atoms with van der Waals surface area (Å²) in [6.45, 7) is 0. The zero-order valence-electron chi connectivity index (χ0n) is 15.2. The maximum atomic E-state index is 2.36. The van der Waals surface area contributed by atoms with Crippen LogP contribution in [0.5, 0.6) is 0 Å². The van der Waals surface area contributed by atoms with Gasteiger partial charge in [0.05, 0.1) is 0 Å². The van der Waals surface area contributed by atoms with Gasteiger partial charge in [0.25, 0.3) is 0 Å². The third kappa shape index (κ3) is 4.25. The summed E-state index contributed by atoms with van der Waals surface area (Å²) in [6.07, 6.45) is 6.96. The van der Waals surface area contributed by atoms with Crippen molar-refractivity contribution in [2.45, 2.75) is 24.9 Å². The van der Waals surface area contributed by atoms with Gasteiger partial charge in [-0.05, 0) is 61.1 Å². The summed E-state index contributed by atoms with van der Waals surface area (Å²) < 4.78 is 0. The van der Waals surface area contributed by atoms with Gasteiger partial charge in [-0.15, -0.1) is 0 Å². The van der Waals surface area contributed by atoms with Gasteiger partial charge in [0.1, 0.15) is 0 Å². The minimum Gasteiger partial charge on any atom is -0.0721 e. The van der Waals surface area contributed by atoms with Crippen LogP contribution in [0, 0.1) is 0 Å². The summed E-state index contributed by atoms with van der Waals surface area (Å²) in [5.74, 6) is 0. The Bertz CT molecular complexity index is 747. The Hall–Kier alpha value is -1.48. The van der Waals surface area contributed by atoms with Crippen molar-refractivity contribution in [3.05, 3.63) is 91.0 Å². The summed E-state index contributed by atoms with van der Waals surface area (Å²) in [5.41, 5.74) is 0.907. The molecular formula is C24H26P2. The Morgan fingerprint density at radius 3 is 1.85 bits per heavy atom. The van der Waals surface area contributed by atoms with Crippen LogP contribution in [0.1, 0.15) is 19.3 Å². The summed E-state index contributed by atoms with van der Waals surface area (Å²) >= 11 is 0. The highest BCUT2D eigenvalue weighted by Crippen LogP contribution is 2.51. The lowest BCUT2D eigenvalue weighted by Crippen LogP contribution is -2.17. The highest BCUT2D eigenvalue weighted by Gasteiger charge is 2.28. The molecule has 132 valence electrons. The van der Waals surface area contributed by atoms with Crippen molar-refractivity contribution in [2.24, 2.45) is 0 Å². The minimum absolute atomic E-state index is 0.0383. The van der Waals surface area contributed by atoms with Crippen LogP contribution in [0.2, 0.25) is 0 Å². The molecule has 0 aromatic heterocycles. The SMILES string of the molecule is c1ccc(P(CC[C@@H]2CCC[P@]2c2ccccc2)c2ccccc2)cc1. The Balaban J connectivity index is 1.51. The lowest BCUT2D eigenvalue weighted by molar-refractivity contribution is 0.760. The van der Waals surface area contributed by atoms with Crippen molar-refractivity contribution in [3.63, 3.8) is 0 Å². The molecule has 0 nitrogen and oxygen atoms in total. The van der Waals surface area contributed by atoms with E-state index in [1.807, 2.05) is 0 Å². The van der Waals surface area contributed by atoms with Gasteiger partial charge in [0.2, 0.25) is 0 Å². The molecule has 26 heavy (non-hydrogen) atoms. The normalized spacial score (nSPS) is 19.7. The smallest absolute Gasteiger partial charge is 0.0165 e. The van der Waals surface area contributed by atoms with Crippen LogP contribution >= 0.6 is 15.8 Å². The second-order valence-corrected chi connectivity index (χ2v) is 11.9. The highest BCUT2D eigenvalue weighted by atomic mass is 31.1. The highest BCUT2D eigenvalue weighted by molar-refractivity contribution is 7.73. The molecule has 0 radical (unpaired) electrons. The zero-order chi connectivity index (χ0) is 17.6. The molecule has 0 saturated carbocycles. The summed E-state index contributed by atoms with van der Waals surface area (Å²) in [5, 5.41) is 4.67. The molecule has 2 heteroatoms. The molecule has 2 atom stereocenters. The molecule has 0 amide bonds. The van der Waals surface area contributed by atoms with Crippen LogP contribution in [0.15, 0.2) is 91.0 Å². The molecule has 0 aliphatic carbocycles. The molecule has 1 aliphatic rings. The Kier molecular flexibility index (Phi) is 6.16. The van der Waals surface area contributed by atoms with Crippen molar-refractivity contribution in [1.29, 1.82) is 0 Å². The Labute approximate surface area is 160 Å². The van der Waals surface area contributed by atoms with E-state index in [0.29, 0.717) is 0 Å². The molecule has 0 N–H and O–H groups in total. The molecule has 0 unspecified atom stereocenters. The minimum atomic E-state index is -0.245. The monoisotopic (exact) mass is 376 g/mol. The van der Waals surface area contributed by atoms with Gasteiger partial charge < -0.3 is 0 Å². The van der Waals surface area contributed by atoms with Crippen molar-refractivity contribution in [2.75, 3.05) is 12.3 Å². The average molecular weight is 376 g/mol. The molecule has 0 bridgehead atoms. The molecule has 1 fully saturated rings. The lowest BCUT2D eigenvalue weighted by atomic mass is 10.2. The third-order valence-electron chi connectivity index (χ3n) is 5.29. The Morgan fingerprint density at radius 2 is 1.27 bits per heavy atom. The van der Waals surface area contributed by atoms with Crippen LogP contribution in [-0.2, 0) is 0 Å². The van der Waals surface area contributed by atoms with E-state index in [-0.39, 0.29) is 15.8 Å². The van der Waals surface area contributed by atoms with Crippen molar-refractivity contribution in [3.8, 4) is 0 Å². The van der Waals surface area contributed by atoms with Gasteiger partial charge in [-0.1, -0.05) is 98.9 Å². The van der Waals surface area contributed by atoms with Gasteiger partial charge in [0.15, 0.2) is 0 Å². The van der Waals surface area contributed by atoms with Crippen molar-refractivity contribution in [1.82, 2.24) is 0 Å². The van der Waals surface area contributed by atoms with Crippen molar-refractivity contribution < 1.29 is 0 Å². The summed E-state index contributed by atoms with van der Waals surface area (Å²) in [6, 6.07) is 33.7. The third-order valence-corrected chi connectivity index (χ3v) is 11.0. The van der Waals surface area contributed by atoms with Crippen molar-refractivity contribution >= 4 is 31.8 Å². The van der Waals surface area contributed by atoms with E-state index in [2.05, 4.69) is 91.0 Å². The van der Waals surface area contributed by atoms with Gasteiger partial charge in [-0.2, -0.15) is 0 Å². The van der Waals surface area contributed by atoms with Gasteiger partial charge >= 0.3 is 0 Å². The zero-order valence-corrected chi connectivity index (χ0v) is 17.0. The number of hydrogen-bond donors (Lipinski definition) is 0. The number of rotatable bonds is 6. The van der Waals surface area contributed by atoms with Crippen LogP contribution in [0.4, 0.5) is 0 Å². The predicted molar refractivity (Wildman–Crippen MR) is 119 cm³/mol. The summed E-state index contributed by atoms with van der Waals surface area (Å²) in [7, 11) is -0.206. The molecule has 1 aliphatic heterocycles.